The highest BCUT2D eigenvalue weighted by Gasteiger charge is 2.56. The Morgan fingerprint density at radius 3 is 2.44 bits per heavy atom. The maximum absolute atomic E-state index is 11.9. The molecule has 5 nitrogen and oxygen atoms in total. The summed E-state index contributed by atoms with van der Waals surface area (Å²) in [6, 6.07) is -0.300. The largest absolute Gasteiger partial charge is 0.444 e. The van der Waals surface area contributed by atoms with Gasteiger partial charge in [0.25, 0.3) is 0 Å². The summed E-state index contributed by atoms with van der Waals surface area (Å²) in [7, 11) is 0. The molecule has 0 aromatic rings. The van der Waals surface area contributed by atoms with Crippen LogP contribution < -0.4 is 5.73 Å². The molecule has 2 aliphatic rings. The number of hydrogen-bond acceptors (Lipinski definition) is 3. The minimum Gasteiger partial charge on any atom is -0.444 e. The second-order valence-electron chi connectivity index (χ2n) is 5.60. The average molecular weight is 226 g/mol. The van der Waals surface area contributed by atoms with Gasteiger partial charge in [-0.05, 0) is 39.5 Å². The highest BCUT2D eigenvalue weighted by molar-refractivity contribution is 5.85. The van der Waals surface area contributed by atoms with Crippen molar-refractivity contribution in [2.75, 3.05) is 0 Å². The van der Waals surface area contributed by atoms with Gasteiger partial charge in [0.15, 0.2) is 0 Å². The van der Waals surface area contributed by atoms with Gasteiger partial charge < -0.3 is 10.5 Å². The summed E-state index contributed by atoms with van der Waals surface area (Å²) in [6.07, 6.45) is 1.25. The number of likely N-dealkylation sites (tertiary alicyclic amines) is 1. The zero-order valence-corrected chi connectivity index (χ0v) is 9.90. The van der Waals surface area contributed by atoms with Gasteiger partial charge in [-0.1, -0.05) is 0 Å². The van der Waals surface area contributed by atoms with Crippen molar-refractivity contribution in [2.24, 2.45) is 11.7 Å². The molecule has 1 aliphatic carbocycles. The lowest BCUT2D eigenvalue weighted by atomic mass is 10.1. The molecule has 90 valence electrons. The molecule has 0 radical (unpaired) electrons. The van der Waals surface area contributed by atoms with Gasteiger partial charge in [0.1, 0.15) is 11.6 Å². The molecule has 1 saturated heterocycles. The Balaban J connectivity index is 2.07. The van der Waals surface area contributed by atoms with Crippen LogP contribution in [-0.4, -0.2) is 34.6 Å². The van der Waals surface area contributed by atoms with Gasteiger partial charge in [0, 0.05) is 6.04 Å². The maximum Gasteiger partial charge on any atom is 0.411 e. The van der Waals surface area contributed by atoms with Gasteiger partial charge in [-0.3, -0.25) is 9.69 Å². The van der Waals surface area contributed by atoms with Crippen molar-refractivity contribution >= 4 is 12.0 Å². The first-order chi connectivity index (χ1) is 7.29. The highest BCUT2D eigenvalue weighted by atomic mass is 16.6. The summed E-state index contributed by atoms with van der Waals surface area (Å²) < 4.78 is 5.28. The van der Waals surface area contributed by atoms with Crippen LogP contribution in [0, 0.1) is 5.92 Å². The Hall–Kier alpha value is -1.26. The monoisotopic (exact) mass is 226 g/mol. The first kappa shape index (κ1) is 11.2. The molecule has 0 bridgehead atoms. The van der Waals surface area contributed by atoms with Crippen LogP contribution in [-0.2, 0) is 9.53 Å². The average Bonchev–Trinajstić information content (AvgIpc) is 2.73. The molecule has 2 fully saturated rings. The molecule has 3 atom stereocenters. The van der Waals surface area contributed by atoms with E-state index in [-0.39, 0.29) is 6.04 Å². The van der Waals surface area contributed by atoms with Crippen molar-refractivity contribution in [2.45, 2.75) is 51.3 Å². The fourth-order valence-electron chi connectivity index (χ4n) is 2.29. The van der Waals surface area contributed by atoms with Gasteiger partial charge in [-0.25, -0.2) is 4.79 Å². The number of fused-ring (bicyclic) bond motifs is 1. The fourth-order valence-corrected chi connectivity index (χ4v) is 2.29. The lowest BCUT2D eigenvalue weighted by Gasteiger charge is -2.28. The topological polar surface area (TPSA) is 72.6 Å². The van der Waals surface area contributed by atoms with Crippen LogP contribution in [0.4, 0.5) is 4.79 Å². The molecule has 2 rings (SSSR count). The van der Waals surface area contributed by atoms with Gasteiger partial charge >= 0.3 is 6.09 Å². The molecule has 2 unspecified atom stereocenters. The minimum atomic E-state index is -0.535. The summed E-state index contributed by atoms with van der Waals surface area (Å²) in [6.45, 7) is 5.43. The number of carbonyl (C=O) groups excluding carboxylic acids is 2. The normalized spacial score (nSPS) is 32.2. The lowest BCUT2D eigenvalue weighted by molar-refractivity contribution is -0.122. The molecule has 1 aliphatic heterocycles. The van der Waals surface area contributed by atoms with Crippen LogP contribution >= 0.6 is 0 Å². The van der Waals surface area contributed by atoms with E-state index in [2.05, 4.69) is 0 Å². The number of rotatable bonds is 1. The molecule has 1 heterocycles. The van der Waals surface area contributed by atoms with E-state index in [1.54, 1.807) is 0 Å². The fraction of sp³-hybridized carbons (Fsp3) is 0.818. The minimum absolute atomic E-state index is 0.173. The Labute approximate surface area is 94.9 Å². The van der Waals surface area contributed by atoms with Crippen LogP contribution in [0.15, 0.2) is 0 Å². The number of carbonyl (C=O) groups is 2. The molecule has 2 N–H and O–H groups in total. The van der Waals surface area contributed by atoms with Crippen molar-refractivity contribution < 1.29 is 14.3 Å². The Bertz CT molecular complexity index is 335. The zero-order chi connectivity index (χ0) is 12.1. The zero-order valence-electron chi connectivity index (χ0n) is 9.90. The standard InChI is InChI=1S/C11H18N2O3/c1-11(2,3)16-10(15)13-7-4-6(7)5-8(13)9(12)14/h6-8H,4-5H2,1-3H3,(H2,12,14)/t6-,7?,8?/m1/s1. The first-order valence-corrected chi connectivity index (χ1v) is 5.60. The van der Waals surface area contributed by atoms with Crippen LogP contribution in [0.25, 0.3) is 0 Å². The lowest BCUT2D eigenvalue weighted by Crippen LogP contribution is -2.47. The summed E-state index contributed by atoms with van der Waals surface area (Å²) in [5.41, 5.74) is 4.75. The van der Waals surface area contributed by atoms with Crippen LogP contribution in [0.5, 0.6) is 0 Å². The molecular weight excluding hydrogens is 208 g/mol. The predicted octanol–water partition coefficient (Wildman–Crippen LogP) is 0.870. The van der Waals surface area contributed by atoms with E-state index >= 15 is 0 Å². The van der Waals surface area contributed by atoms with Gasteiger partial charge in [-0.15, -0.1) is 0 Å². The van der Waals surface area contributed by atoms with Crippen molar-refractivity contribution in [3.63, 3.8) is 0 Å². The van der Waals surface area contributed by atoms with E-state index in [0.717, 1.165) is 6.42 Å². The molecule has 0 spiro atoms. The third kappa shape index (κ3) is 1.99. The summed E-state index contributed by atoms with van der Waals surface area (Å²) >= 11 is 0. The molecular formula is C11H18N2O3. The number of amides is 2. The predicted molar refractivity (Wildman–Crippen MR) is 57.6 cm³/mol. The second-order valence-corrected chi connectivity index (χ2v) is 5.60. The molecule has 2 amide bonds. The smallest absolute Gasteiger partial charge is 0.411 e. The van der Waals surface area contributed by atoms with Crippen molar-refractivity contribution in [3.8, 4) is 0 Å². The molecule has 0 aromatic heterocycles. The number of hydrogen-bond donors (Lipinski definition) is 1. The Morgan fingerprint density at radius 1 is 1.31 bits per heavy atom. The van der Waals surface area contributed by atoms with E-state index in [9.17, 15) is 9.59 Å². The van der Waals surface area contributed by atoms with E-state index < -0.39 is 23.6 Å². The Kier molecular flexibility index (Phi) is 2.36. The first-order valence-electron chi connectivity index (χ1n) is 5.60. The van der Waals surface area contributed by atoms with Crippen LogP contribution in [0.1, 0.15) is 33.6 Å². The van der Waals surface area contributed by atoms with Crippen molar-refractivity contribution in [1.29, 1.82) is 0 Å². The maximum atomic E-state index is 11.9. The summed E-state index contributed by atoms with van der Waals surface area (Å²) in [5.74, 6) is 0.0167. The number of nitrogens with two attached hydrogens (primary N) is 1. The summed E-state index contributed by atoms with van der Waals surface area (Å²) in [5, 5.41) is 0. The number of piperidine rings is 1. The van der Waals surface area contributed by atoms with Gasteiger partial charge in [0.2, 0.25) is 5.91 Å². The molecule has 1 saturated carbocycles. The number of primary amides is 1. The van der Waals surface area contributed by atoms with Crippen molar-refractivity contribution in [3.05, 3.63) is 0 Å². The number of ether oxygens (including phenoxy) is 1. The number of nitrogens with zero attached hydrogens (tertiary/aromatic N) is 1. The third-order valence-electron chi connectivity index (χ3n) is 3.04. The second kappa shape index (κ2) is 3.37. The molecule has 0 aromatic carbocycles. The SMILES string of the molecule is CC(C)(C)OC(=O)N1C(C(N)=O)C[C@H]2CC21. The van der Waals surface area contributed by atoms with Crippen LogP contribution in [0.3, 0.4) is 0 Å². The van der Waals surface area contributed by atoms with E-state index in [0.29, 0.717) is 12.3 Å². The quantitative estimate of drug-likeness (QED) is 0.721. The van der Waals surface area contributed by atoms with Crippen LogP contribution in [0.2, 0.25) is 0 Å². The van der Waals surface area contributed by atoms with E-state index in [1.165, 1.54) is 4.90 Å². The van der Waals surface area contributed by atoms with E-state index in [4.69, 9.17) is 10.5 Å². The van der Waals surface area contributed by atoms with Crippen molar-refractivity contribution in [1.82, 2.24) is 4.90 Å². The van der Waals surface area contributed by atoms with Gasteiger partial charge in [0.05, 0.1) is 0 Å². The van der Waals surface area contributed by atoms with E-state index in [1.807, 2.05) is 20.8 Å². The highest BCUT2D eigenvalue weighted by Crippen LogP contribution is 2.48. The third-order valence-corrected chi connectivity index (χ3v) is 3.04. The Morgan fingerprint density at radius 2 is 1.94 bits per heavy atom. The molecule has 5 heteroatoms. The van der Waals surface area contributed by atoms with Gasteiger partial charge in [-0.2, -0.15) is 0 Å². The molecule has 16 heavy (non-hydrogen) atoms. The summed E-state index contributed by atoms with van der Waals surface area (Å²) in [4.78, 5) is 24.7.